The summed E-state index contributed by atoms with van der Waals surface area (Å²) in [6.45, 7) is 1.24. The molecule has 1 unspecified atom stereocenters. The zero-order chi connectivity index (χ0) is 10.9. The summed E-state index contributed by atoms with van der Waals surface area (Å²) in [4.78, 5) is 0.205. The van der Waals surface area contributed by atoms with Crippen LogP contribution in [-0.4, -0.2) is 31.9 Å². The molecule has 4 nitrogen and oxygen atoms in total. The quantitative estimate of drug-likeness (QED) is 0.773. The van der Waals surface area contributed by atoms with Gasteiger partial charge in [-0.2, -0.15) is 0 Å². The maximum atomic E-state index is 12.0. The molecule has 1 saturated heterocycles. The standard InChI is InChI=1S/C10H13NO3S/c12-8-2-1-3-9(6-8)15(13,14)10-4-5-11-7-10/h1-3,6,10-12H,4-5,7H2. The van der Waals surface area contributed by atoms with E-state index in [2.05, 4.69) is 5.32 Å². The van der Waals surface area contributed by atoms with Crippen LogP contribution in [0.25, 0.3) is 0 Å². The van der Waals surface area contributed by atoms with Gasteiger partial charge in [0.15, 0.2) is 9.84 Å². The van der Waals surface area contributed by atoms with Gasteiger partial charge in [-0.15, -0.1) is 0 Å². The Morgan fingerprint density at radius 1 is 1.40 bits per heavy atom. The molecule has 82 valence electrons. The lowest BCUT2D eigenvalue weighted by Gasteiger charge is -2.10. The van der Waals surface area contributed by atoms with E-state index >= 15 is 0 Å². The van der Waals surface area contributed by atoms with Crippen LogP contribution in [0.15, 0.2) is 29.2 Å². The van der Waals surface area contributed by atoms with Crippen LogP contribution >= 0.6 is 0 Å². The summed E-state index contributed by atoms with van der Waals surface area (Å²) in [6, 6.07) is 5.83. The minimum absolute atomic E-state index is 0.0120. The average Bonchev–Trinajstić information content (AvgIpc) is 2.71. The minimum atomic E-state index is -3.28. The van der Waals surface area contributed by atoms with Crippen molar-refractivity contribution in [1.82, 2.24) is 5.32 Å². The molecule has 15 heavy (non-hydrogen) atoms. The first-order chi connectivity index (χ1) is 7.10. The van der Waals surface area contributed by atoms with Gasteiger partial charge in [0.1, 0.15) is 5.75 Å². The second-order valence-corrected chi connectivity index (χ2v) is 5.89. The summed E-state index contributed by atoms with van der Waals surface area (Å²) in [5.74, 6) is -0.0120. The molecule has 1 aromatic rings. The summed E-state index contributed by atoms with van der Waals surface area (Å²) in [5.41, 5.74) is 0. The zero-order valence-corrected chi connectivity index (χ0v) is 9.00. The van der Waals surface area contributed by atoms with E-state index in [1.54, 1.807) is 6.07 Å². The molecule has 0 amide bonds. The molecule has 0 radical (unpaired) electrons. The summed E-state index contributed by atoms with van der Waals surface area (Å²) in [7, 11) is -3.28. The van der Waals surface area contributed by atoms with Gasteiger partial charge in [-0.1, -0.05) is 6.07 Å². The number of sulfone groups is 1. The number of aromatic hydroxyl groups is 1. The average molecular weight is 227 g/mol. The van der Waals surface area contributed by atoms with E-state index in [1.807, 2.05) is 0 Å². The number of benzene rings is 1. The van der Waals surface area contributed by atoms with Crippen LogP contribution in [0.5, 0.6) is 5.75 Å². The third kappa shape index (κ3) is 1.98. The lowest BCUT2D eigenvalue weighted by atomic mass is 10.3. The minimum Gasteiger partial charge on any atom is -0.508 e. The van der Waals surface area contributed by atoms with E-state index in [9.17, 15) is 13.5 Å². The molecule has 1 aliphatic rings. The Kier molecular flexibility index (Phi) is 2.67. The van der Waals surface area contributed by atoms with Crippen molar-refractivity contribution in [2.24, 2.45) is 0 Å². The number of phenolic OH excluding ortho intramolecular Hbond substituents is 1. The Morgan fingerprint density at radius 3 is 2.80 bits per heavy atom. The Bertz CT molecular complexity index is 449. The van der Waals surface area contributed by atoms with Gasteiger partial charge in [0.05, 0.1) is 10.1 Å². The summed E-state index contributed by atoms with van der Waals surface area (Å²) >= 11 is 0. The molecule has 0 aliphatic carbocycles. The van der Waals surface area contributed by atoms with Gasteiger partial charge in [-0.25, -0.2) is 8.42 Å². The largest absolute Gasteiger partial charge is 0.508 e. The molecule has 0 bridgehead atoms. The Morgan fingerprint density at radius 2 is 2.20 bits per heavy atom. The molecular formula is C10H13NO3S. The molecule has 0 spiro atoms. The number of nitrogens with one attached hydrogen (secondary N) is 1. The van der Waals surface area contributed by atoms with E-state index < -0.39 is 9.84 Å². The fourth-order valence-corrected chi connectivity index (χ4v) is 3.45. The van der Waals surface area contributed by atoms with Crippen LogP contribution in [0.4, 0.5) is 0 Å². The molecule has 0 aromatic heterocycles. The first-order valence-electron chi connectivity index (χ1n) is 4.84. The third-order valence-corrected chi connectivity index (χ3v) is 4.79. The van der Waals surface area contributed by atoms with Crippen LogP contribution in [0.1, 0.15) is 6.42 Å². The Balaban J connectivity index is 2.36. The molecule has 1 aliphatic heterocycles. The van der Waals surface area contributed by atoms with Crippen molar-refractivity contribution in [2.75, 3.05) is 13.1 Å². The highest BCUT2D eigenvalue weighted by Gasteiger charge is 2.30. The highest BCUT2D eigenvalue weighted by Crippen LogP contribution is 2.23. The van der Waals surface area contributed by atoms with Gasteiger partial charge in [-0.05, 0) is 31.2 Å². The van der Waals surface area contributed by atoms with Crippen molar-refractivity contribution in [3.8, 4) is 5.75 Å². The van der Waals surface area contributed by atoms with E-state index in [4.69, 9.17) is 0 Å². The van der Waals surface area contributed by atoms with Crippen LogP contribution in [0.2, 0.25) is 0 Å². The fraction of sp³-hybridized carbons (Fsp3) is 0.400. The van der Waals surface area contributed by atoms with Gasteiger partial charge in [0.25, 0.3) is 0 Å². The number of hydrogen-bond donors (Lipinski definition) is 2. The number of hydrogen-bond acceptors (Lipinski definition) is 4. The van der Waals surface area contributed by atoms with Crippen molar-refractivity contribution < 1.29 is 13.5 Å². The van der Waals surface area contributed by atoms with Gasteiger partial charge in [0.2, 0.25) is 0 Å². The highest BCUT2D eigenvalue weighted by atomic mass is 32.2. The van der Waals surface area contributed by atoms with Crippen molar-refractivity contribution >= 4 is 9.84 Å². The van der Waals surface area contributed by atoms with Crippen molar-refractivity contribution in [1.29, 1.82) is 0 Å². The fourth-order valence-electron chi connectivity index (χ4n) is 1.75. The predicted octanol–water partition coefficient (Wildman–Crippen LogP) is 0.528. The zero-order valence-electron chi connectivity index (χ0n) is 8.18. The van der Waals surface area contributed by atoms with Crippen LogP contribution < -0.4 is 5.32 Å². The van der Waals surface area contributed by atoms with E-state index in [0.717, 1.165) is 6.54 Å². The molecule has 1 heterocycles. The molecule has 1 fully saturated rings. The first kappa shape index (κ1) is 10.4. The van der Waals surface area contributed by atoms with E-state index in [0.29, 0.717) is 13.0 Å². The van der Waals surface area contributed by atoms with Gasteiger partial charge in [-0.3, -0.25) is 0 Å². The van der Waals surface area contributed by atoms with Crippen LogP contribution in [-0.2, 0) is 9.84 Å². The van der Waals surface area contributed by atoms with Crippen molar-refractivity contribution in [2.45, 2.75) is 16.6 Å². The lowest BCUT2D eigenvalue weighted by Crippen LogP contribution is -2.23. The van der Waals surface area contributed by atoms with Crippen molar-refractivity contribution in [3.05, 3.63) is 24.3 Å². The molecule has 5 heteroatoms. The monoisotopic (exact) mass is 227 g/mol. The maximum Gasteiger partial charge on any atom is 0.182 e. The van der Waals surface area contributed by atoms with Crippen molar-refractivity contribution in [3.63, 3.8) is 0 Å². The highest BCUT2D eigenvalue weighted by molar-refractivity contribution is 7.92. The third-order valence-electron chi connectivity index (χ3n) is 2.60. The Hall–Kier alpha value is -1.07. The molecule has 2 N–H and O–H groups in total. The number of phenols is 1. The molecule has 1 atom stereocenters. The normalized spacial score (nSPS) is 21.7. The van der Waals surface area contributed by atoms with Gasteiger partial charge < -0.3 is 10.4 Å². The van der Waals surface area contributed by atoms with E-state index in [-0.39, 0.29) is 15.9 Å². The molecular weight excluding hydrogens is 214 g/mol. The molecule has 0 saturated carbocycles. The smallest absolute Gasteiger partial charge is 0.182 e. The summed E-state index contributed by atoms with van der Waals surface area (Å²) in [6.07, 6.45) is 0.637. The van der Waals surface area contributed by atoms with Crippen LogP contribution in [0, 0.1) is 0 Å². The SMILES string of the molecule is O=S(=O)(c1cccc(O)c1)C1CCNC1. The molecule has 2 rings (SSSR count). The lowest BCUT2D eigenvalue weighted by molar-refractivity contribution is 0.473. The van der Waals surface area contributed by atoms with Gasteiger partial charge in [0, 0.05) is 6.54 Å². The first-order valence-corrected chi connectivity index (χ1v) is 6.39. The van der Waals surface area contributed by atoms with Crippen LogP contribution in [0.3, 0.4) is 0 Å². The predicted molar refractivity (Wildman–Crippen MR) is 56.6 cm³/mol. The summed E-state index contributed by atoms with van der Waals surface area (Å²) < 4.78 is 24.1. The molecule has 1 aromatic carbocycles. The summed E-state index contributed by atoms with van der Waals surface area (Å²) in [5, 5.41) is 11.9. The van der Waals surface area contributed by atoms with Gasteiger partial charge >= 0.3 is 0 Å². The second-order valence-electron chi connectivity index (χ2n) is 3.66. The van der Waals surface area contributed by atoms with E-state index in [1.165, 1.54) is 18.2 Å². The maximum absolute atomic E-state index is 12.0. The Labute approximate surface area is 88.9 Å². The second kappa shape index (κ2) is 3.83. The topological polar surface area (TPSA) is 66.4 Å². The number of rotatable bonds is 2.